The van der Waals surface area contributed by atoms with Crippen LogP contribution in [0, 0.1) is 15.9 Å². The van der Waals surface area contributed by atoms with Crippen molar-refractivity contribution in [2.24, 2.45) is 0 Å². The number of halogens is 5. The maximum absolute atomic E-state index is 14.5. The minimum Gasteiger partial charge on any atom is -0.410 e. The number of amides is 1. The molecule has 1 N–H and O–H groups in total. The minimum absolute atomic E-state index is 0.0621. The van der Waals surface area contributed by atoms with Gasteiger partial charge >= 0.3 is 12.3 Å². The van der Waals surface area contributed by atoms with Gasteiger partial charge in [0.15, 0.2) is 0 Å². The van der Waals surface area contributed by atoms with Crippen molar-refractivity contribution in [2.45, 2.75) is 18.1 Å². The van der Waals surface area contributed by atoms with Crippen molar-refractivity contribution in [2.75, 3.05) is 0 Å². The zero-order chi connectivity index (χ0) is 28.2. The van der Waals surface area contributed by atoms with Gasteiger partial charge < -0.3 is 10.1 Å². The highest BCUT2D eigenvalue weighted by molar-refractivity contribution is 6.30. The van der Waals surface area contributed by atoms with Gasteiger partial charge in [-0.2, -0.15) is 13.2 Å². The monoisotopic (exact) mass is 559 g/mol. The molecule has 7 nitrogen and oxygen atoms in total. The maximum Gasteiger partial charge on any atom is 0.416 e. The number of aromatic nitrogens is 1. The number of benzene rings is 3. The highest BCUT2D eigenvalue weighted by atomic mass is 35.5. The number of carbonyl (C=O) groups is 1. The van der Waals surface area contributed by atoms with Crippen LogP contribution in [0.4, 0.5) is 28.0 Å². The minimum atomic E-state index is -4.86. The summed E-state index contributed by atoms with van der Waals surface area (Å²) in [6, 6.07) is 16.8. The summed E-state index contributed by atoms with van der Waals surface area (Å²) in [6.45, 7) is 0. The number of nitro benzene ring substituents is 1. The lowest BCUT2D eigenvalue weighted by Crippen LogP contribution is -2.35. The number of rotatable bonds is 7. The van der Waals surface area contributed by atoms with Gasteiger partial charge in [0.25, 0.3) is 5.69 Å². The van der Waals surface area contributed by atoms with Crippen LogP contribution in [0.15, 0.2) is 91.1 Å². The molecule has 0 saturated carbocycles. The van der Waals surface area contributed by atoms with Gasteiger partial charge in [-0.3, -0.25) is 15.1 Å². The molecule has 2 atom stereocenters. The second kappa shape index (κ2) is 11.5. The Balaban J connectivity index is 1.80. The average molecular weight is 560 g/mol. The SMILES string of the molecule is O=C(NC(c1cc(F)cc(C(F)(F)F)c1)C(c1ccccc1)c1ccc(Cl)cn1)Oc1ccc([N+](=O)[O-])cc1. The van der Waals surface area contributed by atoms with E-state index in [4.69, 9.17) is 16.3 Å². The first kappa shape index (κ1) is 27.5. The Morgan fingerprint density at radius 2 is 1.67 bits per heavy atom. The molecule has 39 heavy (non-hydrogen) atoms. The van der Waals surface area contributed by atoms with Crippen LogP contribution in [0.1, 0.15) is 34.3 Å². The molecule has 2 unspecified atom stereocenters. The van der Waals surface area contributed by atoms with Gasteiger partial charge in [0.2, 0.25) is 0 Å². The number of nitrogens with zero attached hydrogens (tertiary/aromatic N) is 2. The summed E-state index contributed by atoms with van der Waals surface area (Å²) in [4.78, 5) is 27.5. The van der Waals surface area contributed by atoms with Crippen molar-refractivity contribution in [3.05, 3.63) is 134 Å². The smallest absolute Gasteiger partial charge is 0.410 e. The van der Waals surface area contributed by atoms with Crippen molar-refractivity contribution >= 4 is 23.4 Å². The summed E-state index contributed by atoms with van der Waals surface area (Å²) in [6.07, 6.45) is -4.62. The molecule has 3 aromatic carbocycles. The van der Waals surface area contributed by atoms with E-state index in [9.17, 15) is 32.5 Å². The van der Waals surface area contributed by atoms with Crippen LogP contribution in [-0.4, -0.2) is 16.0 Å². The molecule has 1 aromatic heterocycles. The summed E-state index contributed by atoms with van der Waals surface area (Å²) in [5.41, 5.74) is -0.814. The molecule has 0 saturated heterocycles. The Hall–Kier alpha value is -4.51. The van der Waals surface area contributed by atoms with Crippen LogP contribution in [0.2, 0.25) is 5.02 Å². The van der Waals surface area contributed by atoms with Crippen LogP contribution >= 0.6 is 11.6 Å². The first-order chi connectivity index (χ1) is 18.5. The molecule has 12 heteroatoms. The zero-order valence-corrected chi connectivity index (χ0v) is 20.5. The fourth-order valence-corrected chi connectivity index (χ4v) is 4.09. The van der Waals surface area contributed by atoms with Crippen molar-refractivity contribution in [1.29, 1.82) is 0 Å². The molecule has 0 bridgehead atoms. The number of nitro groups is 1. The van der Waals surface area contributed by atoms with Crippen molar-refractivity contribution < 1.29 is 32.0 Å². The van der Waals surface area contributed by atoms with E-state index < -0.39 is 40.5 Å². The first-order valence-corrected chi connectivity index (χ1v) is 11.7. The van der Waals surface area contributed by atoms with Crippen LogP contribution < -0.4 is 10.1 Å². The van der Waals surface area contributed by atoms with Crippen LogP contribution in [0.25, 0.3) is 0 Å². The number of nitrogens with one attached hydrogen (secondary N) is 1. The number of alkyl halides is 3. The molecule has 4 rings (SSSR count). The largest absolute Gasteiger partial charge is 0.416 e. The zero-order valence-electron chi connectivity index (χ0n) is 19.7. The number of hydrogen-bond acceptors (Lipinski definition) is 5. The van der Waals surface area contributed by atoms with Gasteiger partial charge in [0.05, 0.1) is 33.2 Å². The van der Waals surface area contributed by atoms with Gasteiger partial charge in [0, 0.05) is 18.3 Å². The lowest BCUT2D eigenvalue weighted by atomic mass is 9.83. The first-order valence-electron chi connectivity index (χ1n) is 11.3. The lowest BCUT2D eigenvalue weighted by molar-refractivity contribution is -0.384. The third kappa shape index (κ3) is 6.88. The van der Waals surface area contributed by atoms with E-state index in [1.165, 1.54) is 24.4 Å². The van der Waals surface area contributed by atoms with Crippen molar-refractivity contribution in [3.63, 3.8) is 0 Å². The van der Waals surface area contributed by atoms with E-state index in [1.807, 2.05) is 0 Å². The summed E-state index contributed by atoms with van der Waals surface area (Å²) in [5, 5.41) is 13.7. The van der Waals surface area contributed by atoms with Gasteiger partial charge in [-0.1, -0.05) is 41.9 Å². The van der Waals surface area contributed by atoms with Gasteiger partial charge in [0.1, 0.15) is 11.6 Å². The van der Waals surface area contributed by atoms with Crippen LogP contribution in [-0.2, 0) is 6.18 Å². The maximum atomic E-state index is 14.5. The van der Waals surface area contributed by atoms with E-state index >= 15 is 0 Å². The fraction of sp³-hybridized carbons (Fsp3) is 0.111. The Labute approximate surface area is 224 Å². The third-order valence-electron chi connectivity index (χ3n) is 5.70. The molecule has 0 radical (unpaired) electrons. The molecule has 0 aliphatic carbocycles. The topological polar surface area (TPSA) is 94.4 Å². The van der Waals surface area contributed by atoms with E-state index in [0.29, 0.717) is 22.3 Å². The Morgan fingerprint density at radius 3 is 2.26 bits per heavy atom. The second-order valence-corrected chi connectivity index (χ2v) is 8.76. The van der Waals surface area contributed by atoms with Gasteiger partial charge in [-0.25, -0.2) is 9.18 Å². The molecular weight excluding hydrogens is 542 g/mol. The molecule has 0 aliphatic heterocycles. The van der Waals surface area contributed by atoms with Gasteiger partial charge in [-0.15, -0.1) is 0 Å². The molecule has 200 valence electrons. The fourth-order valence-electron chi connectivity index (χ4n) is 3.98. The predicted molar refractivity (Wildman–Crippen MR) is 134 cm³/mol. The lowest BCUT2D eigenvalue weighted by Gasteiger charge is -2.29. The number of ether oxygens (including phenoxy) is 1. The second-order valence-electron chi connectivity index (χ2n) is 8.32. The predicted octanol–water partition coefficient (Wildman–Crippen LogP) is 7.46. The van der Waals surface area contributed by atoms with Gasteiger partial charge in [-0.05, 0) is 53.6 Å². The highest BCUT2D eigenvalue weighted by Gasteiger charge is 2.35. The number of hydrogen-bond donors (Lipinski definition) is 1. The summed E-state index contributed by atoms with van der Waals surface area (Å²) in [7, 11) is 0. The summed E-state index contributed by atoms with van der Waals surface area (Å²) in [5.74, 6) is -2.13. The van der Waals surface area contributed by atoms with Crippen molar-refractivity contribution in [3.8, 4) is 5.75 Å². The van der Waals surface area contributed by atoms with Crippen LogP contribution in [0.5, 0.6) is 5.75 Å². The Bertz CT molecular complexity index is 1470. The van der Waals surface area contributed by atoms with E-state index in [-0.39, 0.29) is 17.0 Å². The number of pyridine rings is 1. The van der Waals surface area contributed by atoms with E-state index in [1.54, 1.807) is 36.4 Å². The molecule has 0 aliphatic rings. The number of non-ortho nitro benzene ring substituents is 1. The summed E-state index contributed by atoms with van der Waals surface area (Å²) >= 11 is 5.99. The third-order valence-corrected chi connectivity index (χ3v) is 5.92. The quantitative estimate of drug-likeness (QED) is 0.144. The summed E-state index contributed by atoms with van der Waals surface area (Å²) < 4.78 is 60.5. The van der Waals surface area contributed by atoms with Crippen molar-refractivity contribution in [1.82, 2.24) is 10.3 Å². The molecule has 1 heterocycles. The highest BCUT2D eigenvalue weighted by Crippen LogP contribution is 2.39. The Morgan fingerprint density at radius 1 is 0.974 bits per heavy atom. The number of carbonyl (C=O) groups excluding carboxylic acids is 1. The molecule has 1 amide bonds. The van der Waals surface area contributed by atoms with E-state index in [2.05, 4.69) is 10.3 Å². The normalized spacial score (nSPS) is 12.8. The molecular formula is C27H18ClF4N3O4. The van der Waals surface area contributed by atoms with Crippen LogP contribution in [0.3, 0.4) is 0 Å². The molecule has 0 spiro atoms. The standard InChI is InChI=1S/C27H18ClF4N3O4/c28-19-6-11-23(33-15-19)24(16-4-2-1-3-5-16)25(17-12-18(27(30,31)32)14-20(29)13-17)34-26(36)39-22-9-7-21(8-10-22)35(37)38/h1-15,24-25H,(H,34,36). The molecule has 0 fully saturated rings. The Kier molecular flexibility index (Phi) is 8.10. The molecule has 4 aromatic rings. The van der Waals surface area contributed by atoms with E-state index in [0.717, 1.165) is 24.3 Å². The average Bonchev–Trinajstić information content (AvgIpc) is 2.89.